The molecule has 0 heterocycles. The molecule has 2 aromatic carbocycles. The first-order chi connectivity index (χ1) is 10.9. The summed E-state index contributed by atoms with van der Waals surface area (Å²) < 4.78 is 5.25. The molecule has 0 unspecified atom stereocenters. The van der Waals surface area contributed by atoms with Crippen LogP contribution in [0.2, 0.25) is 5.02 Å². The zero-order valence-electron chi connectivity index (χ0n) is 13.2. The van der Waals surface area contributed by atoms with E-state index in [2.05, 4.69) is 5.32 Å². The lowest BCUT2D eigenvalue weighted by Crippen LogP contribution is -2.30. The first-order valence-electron chi connectivity index (χ1n) is 7.21. The molecule has 0 fully saturated rings. The van der Waals surface area contributed by atoms with Crippen LogP contribution < -0.4 is 5.32 Å². The zero-order valence-corrected chi connectivity index (χ0v) is 14.0. The molecule has 0 aliphatic carbocycles. The normalized spacial score (nSPS) is 11.7. The summed E-state index contributed by atoms with van der Waals surface area (Å²) in [6.07, 6.45) is -0.905. The van der Waals surface area contributed by atoms with Gasteiger partial charge in [-0.15, -0.1) is 0 Å². The lowest BCUT2D eigenvalue weighted by molar-refractivity contribution is -0.123. The first kappa shape index (κ1) is 17.0. The number of hydrogen-bond donors (Lipinski definition) is 1. The molecule has 0 saturated heterocycles. The van der Waals surface area contributed by atoms with E-state index in [-0.39, 0.29) is 0 Å². The Labute approximate surface area is 140 Å². The van der Waals surface area contributed by atoms with Gasteiger partial charge in [-0.25, -0.2) is 4.79 Å². The fourth-order valence-corrected chi connectivity index (χ4v) is 2.14. The number of nitrogens with one attached hydrogen (secondary N) is 1. The maximum absolute atomic E-state index is 12.2. The Balaban J connectivity index is 2.01. The molecule has 0 radical (unpaired) electrons. The van der Waals surface area contributed by atoms with Crippen molar-refractivity contribution in [3.05, 3.63) is 64.2 Å². The summed E-state index contributed by atoms with van der Waals surface area (Å²) in [7, 11) is 0. The maximum Gasteiger partial charge on any atom is 0.339 e. The van der Waals surface area contributed by atoms with Crippen LogP contribution >= 0.6 is 11.6 Å². The molecule has 0 aliphatic rings. The number of hydrogen-bond acceptors (Lipinski definition) is 3. The average molecular weight is 332 g/mol. The molecule has 0 bridgehead atoms. The van der Waals surface area contributed by atoms with Gasteiger partial charge < -0.3 is 10.1 Å². The Morgan fingerprint density at radius 3 is 2.39 bits per heavy atom. The minimum atomic E-state index is -0.905. The molecule has 0 spiro atoms. The summed E-state index contributed by atoms with van der Waals surface area (Å²) >= 11 is 5.79. The predicted molar refractivity (Wildman–Crippen MR) is 90.9 cm³/mol. The second kappa shape index (κ2) is 7.29. The van der Waals surface area contributed by atoms with Gasteiger partial charge in [0.25, 0.3) is 5.91 Å². The molecule has 2 rings (SSSR count). The fraction of sp³-hybridized carbons (Fsp3) is 0.222. The second-order valence-corrected chi connectivity index (χ2v) is 5.80. The molecule has 0 aromatic heterocycles. The summed E-state index contributed by atoms with van der Waals surface area (Å²) in [6, 6.07) is 12.2. The van der Waals surface area contributed by atoms with Crippen molar-refractivity contribution >= 4 is 29.2 Å². The molecule has 2 aromatic rings. The number of anilines is 1. The van der Waals surface area contributed by atoms with Crippen molar-refractivity contribution in [1.82, 2.24) is 0 Å². The van der Waals surface area contributed by atoms with Crippen molar-refractivity contribution < 1.29 is 14.3 Å². The van der Waals surface area contributed by atoms with Gasteiger partial charge in [-0.3, -0.25) is 4.79 Å². The monoisotopic (exact) mass is 331 g/mol. The van der Waals surface area contributed by atoms with Crippen molar-refractivity contribution in [2.75, 3.05) is 5.32 Å². The molecule has 1 atom stereocenters. The van der Waals surface area contributed by atoms with E-state index >= 15 is 0 Å². The highest BCUT2D eigenvalue weighted by atomic mass is 35.5. The van der Waals surface area contributed by atoms with Crippen molar-refractivity contribution in [3.8, 4) is 0 Å². The van der Waals surface area contributed by atoms with E-state index < -0.39 is 18.0 Å². The molecule has 0 saturated carbocycles. The van der Waals surface area contributed by atoms with Crippen LogP contribution in [0.15, 0.2) is 42.5 Å². The van der Waals surface area contributed by atoms with Crippen LogP contribution in [0.5, 0.6) is 0 Å². The van der Waals surface area contributed by atoms with E-state index in [4.69, 9.17) is 16.3 Å². The number of carbonyl (C=O) groups is 2. The maximum atomic E-state index is 12.2. The Morgan fingerprint density at radius 2 is 1.74 bits per heavy atom. The van der Waals surface area contributed by atoms with Crippen LogP contribution in [0.3, 0.4) is 0 Å². The first-order valence-corrected chi connectivity index (χ1v) is 7.59. The summed E-state index contributed by atoms with van der Waals surface area (Å²) in [5.74, 6) is -0.907. The average Bonchev–Trinajstić information content (AvgIpc) is 2.51. The minimum absolute atomic E-state index is 0.397. The molecule has 1 amide bonds. The molecule has 5 heteroatoms. The van der Waals surface area contributed by atoms with E-state index in [1.165, 1.54) is 6.92 Å². The van der Waals surface area contributed by atoms with Crippen LogP contribution in [0.25, 0.3) is 0 Å². The van der Waals surface area contributed by atoms with Gasteiger partial charge in [0.2, 0.25) is 0 Å². The van der Waals surface area contributed by atoms with E-state index in [1.807, 2.05) is 26.0 Å². The number of amides is 1. The Kier molecular flexibility index (Phi) is 5.40. The van der Waals surface area contributed by atoms with Gasteiger partial charge in [0.05, 0.1) is 5.56 Å². The third kappa shape index (κ3) is 4.57. The van der Waals surface area contributed by atoms with Crippen LogP contribution in [-0.4, -0.2) is 18.0 Å². The van der Waals surface area contributed by atoms with Gasteiger partial charge in [0, 0.05) is 10.7 Å². The summed E-state index contributed by atoms with van der Waals surface area (Å²) in [5, 5.41) is 3.26. The molecular weight excluding hydrogens is 314 g/mol. The largest absolute Gasteiger partial charge is 0.449 e. The molecular formula is C18H18ClNO3. The van der Waals surface area contributed by atoms with Crippen LogP contribution in [0, 0.1) is 13.8 Å². The number of halogens is 1. The molecule has 1 N–H and O–H groups in total. The number of carbonyl (C=O) groups excluding carboxylic acids is 2. The SMILES string of the molecule is Cc1ccc(C)c(C(=O)O[C@H](C)C(=O)Nc2ccc(Cl)cc2)c1. The van der Waals surface area contributed by atoms with Gasteiger partial charge >= 0.3 is 5.97 Å². The summed E-state index contributed by atoms with van der Waals surface area (Å²) in [6.45, 7) is 5.26. The van der Waals surface area contributed by atoms with Crippen LogP contribution in [0.1, 0.15) is 28.4 Å². The molecule has 0 aliphatic heterocycles. The number of esters is 1. The molecule has 4 nitrogen and oxygen atoms in total. The highest BCUT2D eigenvalue weighted by molar-refractivity contribution is 6.30. The van der Waals surface area contributed by atoms with E-state index in [1.54, 1.807) is 30.3 Å². The van der Waals surface area contributed by atoms with Crippen LogP contribution in [0.4, 0.5) is 5.69 Å². The van der Waals surface area contributed by atoms with Crippen molar-refractivity contribution in [2.45, 2.75) is 26.9 Å². The third-order valence-corrected chi connectivity index (χ3v) is 3.63. The van der Waals surface area contributed by atoms with Gasteiger partial charge in [-0.2, -0.15) is 0 Å². The second-order valence-electron chi connectivity index (χ2n) is 5.36. The topological polar surface area (TPSA) is 55.4 Å². The Bertz CT molecular complexity index is 726. The van der Waals surface area contributed by atoms with E-state index in [0.717, 1.165) is 11.1 Å². The Morgan fingerprint density at radius 1 is 1.09 bits per heavy atom. The van der Waals surface area contributed by atoms with E-state index in [0.29, 0.717) is 16.3 Å². The third-order valence-electron chi connectivity index (χ3n) is 3.38. The van der Waals surface area contributed by atoms with Gasteiger partial charge in [0.1, 0.15) is 0 Å². The number of rotatable bonds is 4. The summed E-state index contributed by atoms with van der Waals surface area (Å²) in [5.41, 5.74) is 2.83. The van der Waals surface area contributed by atoms with Crippen molar-refractivity contribution in [3.63, 3.8) is 0 Å². The highest BCUT2D eigenvalue weighted by Gasteiger charge is 2.20. The standard InChI is InChI=1S/C18H18ClNO3/c1-11-4-5-12(2)16(10-11)18(22)23-13(3)17(21)20-15-8-6-14(19)7-9-15/h4-10,13H,1-3H3,(H,20,21)/t13-/m1/s1. The van der Waals surface area contributed by atoms with Crippen molar-refractivity contribution in [1.29, 1.82) is 0 Å². The van der Waals surface area contributed by atoms with Gasteiger partial charge in [-0.05, 0) is 56.7 Å². The zero-order chi connectivity index (χ0) is 17.0. The lowest BCUT2D eigenvalue weighted by atomic mass is 10.1. The quantitative estimate of drug-likeness (QED) is 0.857. The number of benzene rings is 2. The lowest BCUT2D eigenvalue weighted by Gasteiger charge is -2.14. The highest BCUT2D eigenvalue weighted by Crippen LogP contribution is 2.15. The summed E-state index contributed by atoms with van der Waals surface area (Å²) in [4.78, 5) is 24.3. The van der Waals surface area contributed by atoms with E-state index in [9.17, 15) is 9.59 Å². The molecule has 23 heavy (non-hydrogen) atoms. The smallest absolute Gasteiger partial charge is 0.339 e. The fourth-order valence-electron chi connectivity index (χ4n) is 2.01. The Hall–Kier alpha value is -2.33. The van der Waals surface area contributed by atoms with Gasteiger partial charge in [-0.1, -0.05) is 29.3 Å². The minimum Gasteiger partial charge on any atom is -0.449 e. The van der Waals surface area contributed by atoms with Gasteiger partial charge in [0.15, 0.2) is 6.10 Å². The number of aryl methyl sites for hydroxylation is 2. The van der Waals surface area contributed by atoms with Crippen LogP contribution in [-0.2, 0) is 9.53 Å². The number of ether oxygens (including phenoxy) is 1. The molecule has 120 valence electrons. The van der Waals surface area contributed by atoms with Crippen molar-refractivity contribution in [2.24, 2.45) is 0 Å². The predicted octanol–water partition coefficient (Wildman–Crippen LogP) is 4.14.